The summed E-state index contributed by atoms with van der Waals surface area (Å²) in [6.07, 6.45) is 0.0247. The zero-order valence-electron chi connectivity index (χ0n) is 13.5. The Labute approximate surface area is 142 Å². The molecule has 1 amide bonds. The molecule has 0 aliphatic heterocycles. The van der Waals surface area contributed by atoms with E-state index in [1.165, 1.54) is 11.5 Å². The lowest BCUT2D eigenvalue weighted by atomic mass is 10.3. The van der Waals surface area contributed by atoms with Crippen LogP contribution in [0.4, 0.5) is 5.69 Å². The second-order valence-corrected chi connectivity index (χ2v) is 5.42. The van der Waals surface area contributed by atoms with Gasteiger partial charge in [-0.1, -0.05) is 12.1 Å². The van der Waals surface area contributed by atoms with Gasteiger partial charge in [0.2, 0.25) is 5.91 Å². The maximum absolute atomic E-state index is 12.0. The Morgan fingerprint density at radius 3 is 2.56 bits per heavy atom. The third-order valence-corrected chi connectivity index (χ3v) is 3.52. The fourth-order valence-electron chi connectivity index (χ4n) is 2.42. The SMILES string of the molecule is CC(=O)Nc1ccc(OC(=O)CCn2c(=O)oc3ccccc32)cc1. The van der Waals surface area contributed by atoms with E-state index >= 15 is 0 Å². The fourth-order valence-corrected chi connectivity index (χ4v) is 2.42. The van der Waals surface area contributed by atoms with Crippen LogP contribution < -0.4 is 15.8 Å². The summed E-state index contributed by atoms with van der Waals surface area (Å²) in [7, 11) is 0. The topological polar surface area (TPSA) is 90.5 Å². The number of para-hydroxylation sites is 2. The minimum absolute atomic E-state index is 0.0247. The van der Waals surface area contributed by atoms with Crippen LogP contribution in [0.15, 0.2) is 57.7 Å². The van der Waals surface area contributed by atoms with Crippen LogP contribution in [0.3, 0.4) is 0 Å². The standard InChI is InChI=1S/C18H16N2O5/c1-12(21)19-13-6-8-14(9-7-13)24-17(22)10-11-20-15-4-2-3-5-16(15)25-18(20)23/h2-9H,10-11H2,1H3,(H,19,21). The van der Waals surface area contributed by atoms with Crippen LogP contribution in [0.2, 0.25) is 0 Å². The van der Waals surface area contributed by atoms with E-state index in [0.29, 0.717) is 22.5 Å². The highest BCUT2D eigenvalue weighted by Crippen LogP contribution is 2.17. The van der Waals surface area contributed by atoms with Gasteiger partial charge in [-0.3, -0.25) is 14.2 Å². The molecular weight excluding hydrogens is 324 g/mol. The number of oxazole rings is 1. The molecule has 2 aromatic carbocycles. The molecule has 0 aliphatic carbocycles. The number of aryl methyl sites for hydroxylation is 1. The van der Waals surface area contributed by atoms with Crippen LogP contribution in [-0.2, 0) is 16.1 Å². The molecule has 0 saturated carbocycles. The first-order chi connectivity index (χ1) is 12.0. The number of nitrogens with zero attached hydrogens (tertiary/aromatic N) is 1. The highest BCUT2D eigenvalue weighted by atomic mass is 16.5. The lowest BCUT2D eigenvalue weighted by Crippen LogP contribution is -2.18. The molecule has 128 valence electrons. The van der Waals surface area contributed by atoms with Gasteiger partial charge in [-0.25, -0.2) is 4.79 Å². The van der Waals surface area contributed by atoms with Gasteiger partial charge >= 0.3 is 11.7 Å². The van der Waals surface area contributed by atoms with Gasteiger partial charge < -0.3 is 14.5 Å². The number of amides is 1. The van der Waals surface area contributed by atoms with Gasteiger partial charge in [0.1, 0.15) is 5.75 Å². The van der Waals surface area contributed by atoms with Crippen molar-refractivity contribution >= 4 is 28.7 Å². The van der Waals surface area contributed by atoms with Crippen LogP contribution in [-0.4, -0.2) is 16.4 Å². The molecule has 3 aromatic rings. The molecule has 0 atom stereocenters. The summed E-state index contributed by atoms with van der Waals surface area (Å²) in [5, 5.41) is 2.62. The molecule has 0 saturated heterocycles. The highest BCUT2D eigenvalue weighted by molar-refractivity contribution is 5.88. The average molecular weight is 340 g/mol. The Kier molecular flexibility index (Phi) is 4.65. The number of rotatable bonds is 5. The van der Waals surface area contributed by atoms with Crippen molar-refractivity contribution < 1.29 is 18.7 Å². The number of aromatic nitrogens is 1. The van der Waals surface area contributed by atoms with E-state index in [-0.39, 0.29) is 18.9 Å². The Bertz CT molecular complexity index is 969. The second kappa shape index (κ2) is 7.04. The molecule has 0 fully saturated rings. The minimum atomic E-state index is -0.506. The summed E-state index contributed by atoms with van der Waals surface area (Å²) in [6, 6.07) is 13.5. The highest BCUT2D eigenvalue weighted by Gasteiger charge is 2.11. The van der Waals surface area contributed by atoms with Crippen molar-refractivity contribution in [2.45, 2.75) is 19.9 Å². The molecule has 0 radical (unpaired) electrons. The van der Waals surface area contributed by atoms with Gasteiger partial charge in [-0.05, 0) is 36.4 Å². The van der Waals surface area contributed by atoms with E-state index in [1.54, 1.807) is 48.5 Å². The molecule has 0 bridgehead atoms. The maximum atomic E-state index is 12.0. The van der Waals surface area contributed by atoms with E-state index < -0.39 is 11.7 Å². The Hall–Kier alpha value is -3.35. The van der Waals surface area contributed by atoms with Crippen molar-refractivity contribution in [1.82, 2.24) is 4.57 Å². The van der Waals surface area contributed by atoms with Crippen LogP contribution in [0.5, 0.6) is 5.75 Å². The van der Waals surface area contributed by atoms with E-state index in [2.05, 4.69) is 5.32 Å². The lowest BCUT2D eigenvalue weighted by Gasteiger charge is -2.06. The Morgan fingerprint density at radius 1 is 1.12 bits per heavy atom. The molecular formula is C18H16N2O5. The molecule has 0 spiro atoms. The number of esters is 1. The van der Waals surface area contributed by atoms with Crippen molar-refractivity contribution in [3.05, 3.63) is 59.1 Å². The summed E-state index contributed by atoms with van der Waals surface area (Å²) < 4.78 is 11.7. The number of ether oxygens (including phenoxy) is 1. The summed E-state index contributed by atoms with van der Waals surface area (Å²) in [5.74, 6) is -0.788. The molecule has 7 heteroatoms. The molecule has 3 rings (SSSR count). The summed E-state index contributed by atoms with van der Waals surface area (Å²) in [6.45, 7) is 1.58. The number of carbonyl (C=O) groups is 2. The number of hydrogen-bond acceptors (Lipinski definition) is 5. The van der Waals surface area contributed by atoms with Crippen LogP contribution >= 0.6 is 0 Å². The van der Waals surface area contributed by atoms with Gasteiger partial charge in [0.05, 0.1) is 11.9 Å². The number of nitrogens with one attached hydrogen (secondary N) is 1. The molecule has 1 heterocycles. The average Bonchev–Trinajstić information content (AvgIpc) is 2.89. The van der Waals surface area contributed by atoms with E-state index in [0.717, 1.165) is 0 Å². The minimum Gasteiger partial charge on any atom is -0.426 e. The summed E-state index contributed by atoms with van der Waals surface area (Å²) >= 11 is 0. The Morgan fingerprint density at radius 2 is 1.84 bits per heavy atom. The first-order valence-electron chi connectivity index (χ1n) is 7.69. The van der Waals surface area contributed by atoms with Gasteiger partial charge in [0, 0.05) is 19.2 Å². The maximum Gasteiger partial charge on any atom is 0.419 e. The van der Waals surface area contributed by atoms with Gasteiger partial charge in [0.25, 0.3) is 0 Å². The molecule has 1 N–H and O–H groups in total. The number of carbonyl (C=O) groups excluding carboxylic acids is 2. The van der Waals surface area contributed by atoms with Crippen molar-refractivity contribution in [1.29, 1.82) is 0 Å². The third kappa shape index (κ3) is 3.95. The summed E-state index contributed by atoms with van der Waals surface area (Å²) in [5.41, 5.74) is 1.73. The molecule has 0 aliphatic rings. The first-order valence-corrected chi connectivity index (χ1v) is 7.69. The van der Waals surface area contributed by atoms with Gasteiger partial charge in [-0.15, -0.1) is 0 Å². The monoisotopic (exact) mass is 340 g/mol. The van der Waals surface area contributed by atoms with Crippen molar-refractivity contribution in [2.24, 2.45) is 0 Å². The van der Waals surface area contributed by atoms with Crippen molar-refractivity contribution in [2.75, 3.05) is 5.32 Å². The molecule has 0 unspecified atom stereocenters. The van der Waals surface area contributed by atoms with E-state index in [4.69, 9.17) is 9.15 Å². The Balaban J connectivity index is 1.62. The zero-order chi connectivity index (χ0) is 17.8. The first kappa shape index (κ1) is 16.5. The van der Waals surface area contributed by atoms with Gasteiger partial charge in [-0.2, -0.15) is 0 Å². The van der Waals surface area contributed by atoms with Crippen molar-refractivity contribution in [3.63, 3.8) is 0 Å². The third-order valence-electron chi connectivity index (χ3n) is 3.52. The van der Waals surface area contributed by atoms with Crippen molar-refractivity contribution in [3.8, 4) is 5.75 Å². The predicted molar refractivity (Wildman–Crippen MR) is 91.5 cm³/mol. The number of hydrogen-bond donors (Lipinski definition) is 1. The molecule has 7 nitrogen and oxygen atoms in total. The van der Waals surface area contributed by atoms with Crippen LogP contribution in [0, 0.1) is 0 Å². The fraction of sp³-hybridized carbons (Fsp3) is 0.167. The van der Waals surface area contributed by atoms with E-state index in [9.17, 15) is 14.4 Å². The van der Waals surface area contributed by atoms with Gasteiger partial charge in [0.15, 0.2) is 5.58 Å². The van der Waals surface area contributed by atoms with Crippen LogP contribution in [0.25, 0.3) is 11.1 Å². The number of anilines is 1. The zero-order valence-corrected chi connectivity index (χ0v) is 13.5. The normalized spacial score (nSPS) is 10.6. The lowest BCUT2D eigenvalue weighted by molar-refractivity contribution is -0.134. The van der Waals surface area contributed by atoms with E-state index in [1.807, 2.05) is 0 Å². The quantitative estimate of drug-likeness (QED) is 0.569. The largest absolute Gasteiger partial charge is 0.426 e. The summed E-state index contributed by atoms with van der Waals surface area (Å²) in [4.78, 5) is 34.8. The smallest absolute Gasteiger partial charge is 0.419 e. The predicted octanol–water partition coefficient (Wildman–Crippen LogP) is 2.55. The number of fused-ring (bicyclic) bond motifs is 1. The second-order valence-electron chi connectivity index (χ2n) is 5.42. The molecule has 1 aromatic heterocycles. The van der Waals surface area contributed by atoms with Crippen LogP contribution in [0.1, 0.15) is 13.3 Å². The number of benzene rings is 2. The molecule has 25 heavy (non-hydrogen) atoms.